The highest BCUT2D eigenvalue weighted by Gasteiger charge is 2.53. The van der Waals surface area contributed by atoms with Crippen molar-refractivity contribution in [2.45, 2.75) is 44.0 Å². The van der Waals surface area contributed by atoms with Crippen molar-refractivity contribution in [2.24, 2.45) is 0 Å². The summed E-state index contributed by atoms with van der Waals surface area (Å²) in [4.78, 5) is 13.3. The van der Waals surface area contributed by atoms with E-state index in [4.69, 9.17) is 9.47 Å². The molecule has 176 valence electrons. The van der Waals surface area contributed by atoms with E-state index >= 15 is 0 Å². The molecule has 2 bridgehead atoms. The van der Waals surface area contributed by atoms with Crippen molar-refractivity contribution in [3.63, 3.8) is 0 Å². The van der Waals surface area contributed by atoms with Gasteiger partial charge in [-0.3, -0.25) is 4.79 Å². The van der Waals surface area contributed by atoms with Gasteiger partial charge < -0.3 is 29.2 Å². The standard InChI is InChI=1S/C28H26N4O3/c1-28-26(34-3)17(29-2)12-20(35-28)31-18-10-6-4-8-14(18)22-23-16(13-30-27(23)33)21-15-9-5-7-11-19(15)32(28)25(21)24(22)31/h4-11,17,20,26,29H,12-13H2,1-3H3,(H,30,33)/t17-,20?,26+,28+/m0/s1. The molecule has 2 aromatic heterocycles. The number of nitrogens with one attached hydrogen (secondary N) is 2. The van der Waals surface area contributed by atoms with Crippen molar-refractivity contribution in [1.82, 2.24) is 19.8 Å². The van der Waals surface area contributed by atoms with Gasteiger partial charge in [-0.25, -0.2) is 0 Å². The first-order valence-corrected chi connectivity index (χ1v) is 12.3. The van der Waals surface area contributed by atoms with Crippen molar-refractivity contribution in [3.8, 4) is 0 Å². The van der Waals surface area contributed by atoms with E-state index in [2.05, 4.69) is 75.2 Å². The topological polar surface area (TPSA) is 69.5 Å². The van der Waals surface area contributed by atoms with E-state index in [1.165, 1.54) is 0 Å². The van der Waals surface area contributed by atoms with Crippen LogP contribution in [0.5, 0.6) is 0 Å². The Morgan fingerprint density at radius 1 is 1.06 bits per heavy atom. The number of ether oxygens (including phenoxy) is 2. The van der Waals surface area contributed by atoms with Crippen LogP contribution in [-0.4, -0.2) is 41.3 Å². The summed E-state index contributed by atoms with van der Waals surface area (Å²) >= 11 is 0. The summed E-state index contributed by atoms with van der Waals surface area (Å²) < 4.78 is 18.0. The Kier molecular flexibility index (Phi) is 3.65. The number of para-hydroxylation sites is 2. The van der Waals surface area contributed by atoms with Crippen LogP contribution >= 0.6 is 0 Å². The molecule has 7 heteroatoms. The average Bonchev–Trinajstić information content (AvgIpc) is 3.51. The number of likely N-dealkylation sites (N-methyl/N-ethyl adjacent to an activating group) is 1. The lowest BCUT2D eigenvalue weighted by Crippen LogP contribution is -2.59. The normalized spacial score (nSPS) is 27.3. The van der Waals surface area contributed by atoms with Gasteiger partial charge in [0.05, 0.1) is 27.6 Å². The van der Waals surface area contributed by atoms with Gasteiger partial charge in [0.2, 0.25) is 0 Å². The van der Waals surface area contributed by atoms with Crippen LogP contribution in [-0.2, 0) is 21.7 Å². The predicted octanol–water partition coefficient (Wildman–Crippen LogP) is 4.35. The molecule has 7 nitrogen and oxygen atoms in total. The fourth-order valence-electron chi connectivity index (χ4n) is 7.33. The first-order chi connectivity index (χ1) is 17.1. The van der Waals surface area contributed by atoms with E-state index in [-0.39, 0.29) is 24.3 Å². The third-order valence-electron chi connectivity index (χ3n) is 8.60. The van der Waals surface area contributed by atoms with Crippen molar-refractivity contribution >= 4 is 49.5 Å². The minimum Gasteiger partial charge on any atom is -0.375 e. The van der Waals surface area contributed by atoms with E-state index in [0.717, 1.165) is 61.2 Å². The summed E-state index contributed by atoms with van der Waals surface area (Å²) in [6.45, 7) is 2.68. The van der Waals surface area contributed by atoms with Crippen molar-refractivity contribution in [3.05, 3.63) is 59.7 Å². The second-order valence-electron chi connectivity index (χ2n) is 10.1. The molecule has 1 saturated heterocycles. The Labute approximate surface area is 201 Å². The van der Waals surface area contributed by atoms with Crippen molar-refractivity contribution < 1.29 is 14.3 Å². The van der Waals surface area contributed by atoms with Crippen LogP contribution in [0, 0.1) is 0 Å². The maximum absolute atomic E-state index is 13.3. The fraction of sp³-hybridized carbons (Fsp3) is 0.321. The number of methoxy groups -OCH3 is 1. The molecule has 5 aromatic rings. The highest BCUT2D eigenvalue weighted by molar-refractivity contribution is 6.31. The Morgan fingerprint density at radius 3 is 2.51 bits per heavy atom. The molecular weight excluding hydrogens is 440 g/mol. The number of aromatic nitrogens is 2. The molecular formula is C28H26N4O3. The Hall–Kier alpha value is -3.39. The largest absolute Gasteiger partial charge is 0.375 e. The Morgan fingerprint density at radius 2 is 1.77 bits per heavy atom. The third-order valence-corrected chi connectivity index (χ3v) is 8.60. The highest BCUT2D eigenvalue weighted by Crippen LogP contribution is 2.53. The summed E-state index contributed by atoms with van der Waals surface area (Å²) in [6.07, 6.45) is 0.337. The van der Waals surface area contributed by atoms with Gasteiger partial charge in [-0.15, -0.1) is 0 Å². The number of benzene rings is 3. The molecule has 3 aliphatic rings. The molecule has 1 unspecified atom stereocenters. The van der Waals surface area contributed by atoms with E-state index in [9.17, 15) is 4.79 Å². The number of amides is 1. The quantitative estimate of drug-likeness (QED) is 0.406. The zero-order valence-electron chi connectivity index (χ0n) is 19.9. The molecule has 8 rings (SSSR count). The van der Waals surface area contributed by atoms with Gasteiger partial charge >= 0.3 is 0 Å². The summed E-state index contributed by atoms with van der Waals surface area (Å²) in [6, 6.07) is 17.0. The number of rotatable bonds is 2. The number of hydrogen-bond acceptors (Lipinski definition) is 4. The number of fused-ring (bicyclic) bond motifs is 13. The Balaban J connectivity index is 1.72. The fourth-order valence-corrected chi connectivity index (χ4v) is 7.33. The second kappa shape index (κ2) is 6.43. The van der Waals surface area contributed by atoms with Gasteiger partial charge in [-0.05, 0) is 31.7 Å². The molecule has 1 fully saturated rings. The predicted molar refractivity (Wildman–Crippen MR) is 136 cm³/mol. The molecule has 0 spiro atoms. The average molecular weight is 467 g/mol. The molecule has 3 aromatic carbocycles. The van der Waals surface area contributed by atoms with Crippen LogP contribution in [0.25, 0.3) is 43.6 Å². The molecule has 0 saturated carbocycles. The van der Waals surface area contributed by atoms with E-state index in [0.29, 0.717) is 6.54 Å². The van der Waals surface area contributed by atoms with Gasteiger partial charge in [0.25, 0.3) is 5.91 Å². The smallest absolute Gasteiger partial charge is 0.252 e. The molecule has 0 radical (unpaired) electrons. The summed E-state index contributed by atoms with van der Waals surface area (Å²) in [7, 11) is 3.77. The van der Waals surface area contributed by atoms with E-state index in [1.54, 1.807) is 7.11 Å². The monoisotopic (exact) mass is 466 g/mol. The molecule has 1 amide bonds. The minimum atomic E-state index is -0.760. The molecule has 2 N–H and O–H groups in total. The van der Waals surface area contributed by atoms with Gasteiger partial charge in [0.15, 0.2) is 5.72 Å². The highest BCUT2D eigenvalue weighted by atomic mass is 16.6. The summed E-state index contributed by atoms with van der Waals surface area (Å²) in [5, 5.41) is 11.0. The van der Waals surface area contributed by atoms with Gasteiger partial charge in [-0.1, -0.05) is 36.4 Å². The third kappa shape index (κ3) is 2.12. The zero-order valence-corrected chi connectivity index (χ0v) is 19.9. The molecule has 5 heterocycles. The maximum Gasteiger partial charge on any atom is 0.252 e. The first-order valence-electron chi connectivity index (χ1n) is 12.3. The summed E-state index contributed by atoms with van der Waals surface area (Å²) in [5.41, 5.74) is 5.51. The lowest BCUT2D eigenvalue weighted by atomic mass is 9.93. The van der Waals surface area contributed by atoms with Crippen molar-refractivity contribution in [2.75, 3.05) is 14.2 Å². The van der Waals surface area contributed by atoms with Gasteiger partial charge in [0, 0.05) is 47.7 Å². The number of carbonyl (C=O) groups is 1. The van der Waals surface area contributed by atoms with Crippen LogP contribution in [0.4, 0.5) is 0 Å². The van der Waals surface area contributed by atoms with E-state index < -0.39 is 5.72 Å². The second-order valence-corrected chi connectivity index (χ2v) is 10.1. The van der Waals surface area contributed by atoms with Crippen LogP contribution < -0.4 is 10.6 Å². The first kappa shape index (κ1) is 19.9. The van der Waals surface area contributed by atoms with Crippen LogP contribution in [0.1, 0.15) is 35.5 Å². The Bertz CT molecular complexity index is 1750. The number of nitrogens with zero attached hydrogens (tertiary/aromatic N) is 2. The van der Waals surface area contributed by atoms with E-state index in [1.807, 2.05) is 7.05 Å². The number of hydrogen-bond donors (Lipinski definition) is 2. The lowest BCUT2D eigenvalue weighted by Gasteiger charge is -2.48. The maximum atomic E-state index is 13.3. The van der Waals surface area contributed by atoms with Crippen LogP contribution in [0.15, 0.2) is 48.5 Å². The van der Waals surface area contributed by atoms with Crippen LogP contribution in [0.2, 0.25) is 0 Å². The summed E-state index contributed by atoms with van der Waals surface area (Å²) in [5.74, 6) is 0.00357. The lowest BCUT2D eigenvalue weighted by molar-refractivity contribution is -0.256. The minimum absolute atomic E-state index is 0.00357. The molecule has 4 atom stereocenters. The number of carbonyl (C=O) groups excluding carboxylic acids is 1. The van der Waals surface area contributed by atoms with Gasteiger partial charge in [-0.2, -0.15) is 0 Å². The van der Waals surface area contributed by atoms with Crippen molar-refractivity contribution in [1.29, 1.82) is 0 Å². The zero-order chi connectivity index (χ0) is 23.6. The SMILES string of the molecule is CN[C@H]1CC2O[C@](C)([C@@H]1OC)n1c3ccccc3c3c4c(c5c6ccccc6n2c5c31)C(=O)NC4. The molecule has 35 heavy (non-hydrogen) atoms. The molecule has 3 aliphatic heterocycles. The van der Waals surface area contributed by atoms with Gasteiger partial charge in [0.1, 0.15) is 12.3 Å². The molecule has 0 aliphatic carbocycles. The van der Waals surface area contributed by atoms with Crippen LogP contribution in [0.3, 0.4) is 0 Å².